The van der Waals surface area contributed by atoms with E-state index in [0.717, 1.165) is 11.1 Å². The molecule has 0 atom stereocenters. The number of amides is 1. The molecule has 0 aliphatic heterocycles. The zero-order valence-corrected chi connectivity index (χ0v) is 17.2. The van der Waals surface area contributed by atoms with Crippen LogP contribution in [0.5, 0.6) is 17.2 Å². The van der Waals surface area contributed by atoms with E-state index in [4.69, 9.17) is 14.2 Å². The lowest BCUT2D eigenvalue weighted by atomic mass is 9.96. The Morgan fingerprint density at radius 1 is 0.778 bits per heavy atom. The number of carbonyl (C=O) groups excluding carboxylic acids is 1. The van der Waals surface area contributed by atoms with Crippen LogP contribution >= 0.6 is 0 Å². The molecule has 5 heteroatoms. The lowest BCUT2D eigenvalue weighted by molar-refractivity contribution is 0.0644. The average Bonchev–Trinajstić information content (AvgIpc) is 2.65. The Hall–Kier alpha value is -2.69. The summed E-state index contributed by atoms with van der Waals surface area (Å²) >= 11 is 0. The smallest absolute Gasteiger partial charge is 0.254 e. The van der Waals surface area contributed by atoms with Crippen LogP contribution in [0.1, 0.15) is 38.1 Å². The molecule has 0 radical (unpaired) electrons. The van der Waals surface area contributed by atoms with Crippen molar-refractivity contribution in [3.63, 3.8) is 0 Å². The minimum atomic E-state index is -0.00700. The highest BCUT2D eigenvalue weighted by atomic mass is 16.5. The van der Waals surface area contributed by atoms with Gasteiger partial charge in [0.05, 0.1) is 21.3 Å². The molecule has 2 rings (SSSR count). The minimum absolute atomic E-state index is 0.00700. The van der Waals surface area contributed by atoms with Crippen LogP contribution in [0.3, 0.4) is 0 Å². The van der Waals surface area contributed by atoms with Crippen LogP contribution < -0.4 is 14.2 Å². The number of ether oxygens (including phenoxy) is 3. The molecule has 2 aromatic carbocycles. The third-order valence-electron chi connectivity index (χ3n) is 4.50. The fourth-order valence-electron chi connectivity index (χ4n) is 3.42. The number of methoxy groups -OCH3 is 3. The van der Waals surface area contributed by atoms with Gasteiger partial charge in [0, 0.05) is 23.2 Å². The molecule has 0 aromatic heterocycles. The van der Waals surface area contributed by atoms with Crippen molar-refractivity contribution >= 4 is 5.91 Å². The Labute approximate surface area is 161 Å². The Morgan fingerprint density at radius 2 is 1.37 bits per heavy atom. The molecule has 0 unspecified atom stereocenters. The molecule has 0 aliphatic carbocycles. The van der Waals surface area contributed by atoms with Gasteiger partial charge in [-0.05, 0) is 51.5 Å². The van der Waals surface area contributed by atoms with Crippen LogP contribution in [-0.2, 0) is 0 Å². The van der Waals surface area contributed by atoms with Gasteiger partial charge in [-0.1, -0.05) is 18.2 Å². The fourth-order valence-corrected chi connectivity index (χ4v) is 3.42. The van der Waals surface area contributed by atoms with Gasteiger partial charge in [-0.2, -0.15) is 0 Å². The quantitative estimate of drug-likeness (QED) is 0.711. The zero-order valence-electron chi connectivity index (χ0n) is 17.2. The van der Waals surface area contributed by atoms with E-state index in [0.29, 0.717) is 22.8 Å². The highest BCUT2D eigenvalue weighted by Crippen LogP contribution is 2.45. The topological polar surface area (TPSA) is 48.0 Å². The lowest BCUT2D eigenvalue weighted by Gasteiger charge is -2.31. The van der Waals surface area contributed by atoms with E-state index in [1.54, 1.807) is 21.3 Å². The summed E-state index contributed by atoms with van der Waals surface area (Å²) in [5.74, 6) is 1.61. The van der Waals surface area contributed by atoms with Crippen LogP contribution in [0.4, 0.5) is 0 Å². The van der Waals surface area contributed by atoms with Gasteiger partial charge in [-0.3, -0.25) is 4.79 Å². The first-order valence-corrected chi connectivity index (χ1v) is 9.08. The second-order valence-electron chi connectivity index (χ2n) is 6.83. The highest BCUT2D eigenvalue weighted by Gasteiger charge is 2.26. The lowest BCUT2D eigenvalue weighted by Crippen LogP contribution is -2.42. The molecule has 146 valence electrons. The zero-order chi connectivity index (χ0) is 20.1. The van der Waals surface area contributed by atoms with Crippen molar-refractivity contribution in [2.45, 2.75) is 39.8 Å². The van der Waals surface area contributed by atoms with Crippen LogP contribution in [0.25, 0.3) is 11.1 Å². The Balaban J connectivity index is 2.68. The third kappa shape index (κ3) is 4.02. The third-order valence-corrected chi connectivity index (χ3v) is 4.50. The van der Waals surface area contributed by atoms with Gasteiger partial charge in [0.25, 0.3) is 5.91 Å². The molecular weight excluding hydrogens is 342 g/mol. The van der Waals surface area contributed by atoms with E-state index in [1.807, 2.05) is 69.0 Å². The molecule has 27 heavy (non-hydrogen) atoms. The van der Waals surface area contributed by atoms with Crippen molar-refractivity contribution in [2.24, 2.45) is 0 Å². The molecule has 5 nitrogen and oxygen atoms in total. The summed E-state index contributed by atoms with van der Waals surface area (Å²) in [6.45, 7) is 8.10. The van der Waals surface area contributed by atoms with Gasteiger partial charge in [-0.15, -0.1) is 0 Å². The summed E-state index contributed by atoms with van der Waals surface area (Å²) < 4.78 is 16.5. The molecule has 1 amide bonds. The molecule has 0 N–H and O–H groups in total. The van der Waals surface area contributed by atoms with Gasteiger partial charge < -0.3 is 19.1 Å². The van der Waals surface area contributed by atoms with Crippen molar-refractivity contribution in [3.8, 4) is 28.4 Å². The molecule has 0 aliphatic rings. The predicted octanol–water partition coefficient (Wildman–Crippen LogP) is 4.64. The minimum Gasteiger partial charge on any atom is -0.493 e. The number of carbonyl (C=O) groups is 1. The summed E-state index contributed by atoms with van der Waals surface area (Å²) in [7, 11) is 4.73. The van der Waals surface area contributed by atoms with Crippen LogP contribution in [-0.4, -0.2) is 44.2 Å². The summed E-state index contributed by atoms with van der Waals surface area (Å²) in [4.78, 5) is 15.2. The summed E-state index contributed by atoms with van der Waals surface area (Å²) in [6.07, 6.45) is 0. The predicted molar refractivity (Wildman–Crippen MR) is 108 cm³/mol. The number of hydrogen-bond donors (Lipinski definition) is 0. The SMILES string of the molecule is COc1ccc(-c2ccccc2C(=O)N(C(C)C)C(C)C)c(OC)c1OC. The van der Waals surface area contributed by atoms with Crippen molar-refractivity contribution in [2.75, 3.05) is 21.3 Å². The number of nitrogens with zero attached hydrogens (tertiary/aromatic N) is 1. The first-order valence-electron chi connectivity index (χ1n) is 9.08. The molecule has 0 heterocycles. The van der Waals surface area contributed by atoms with Crippen LogP contribution in [0, 0.1) is 0 Å². The van der Waals surface area contributed by atoms with E-state index in [2.05, 4.69) is 0 Å². The molecular formula is C22H29NO4. The van der Waals surface area contributed by atoms with Crippen LogP contribution in [0.2, 0.25) is 0 Å². The molecule has 0 saturated carbocycles. The number of rotatable bonds is 7. The van der Waals surface area contributed by atoms with E-state index in [9.17, 15) is 4.79 Å². The molecule has 0 bridgehead atoms. The summed E-state index contributed by atoms with van der Waals surface area (Å²) in [6, 6.07) is 11.5. The van der Waals surface area contributed by atoms with Gasteiger partial charge in [-0.25, -0.2) is 0 Å². The van der Waals surface area contributed by atoms with Crippen molar-refractivity contribution in [3.05, 3.63) is 42.0 Å². The maximum atomic E-state index is 13.3. The van der Waals surface area contributed by atoms with E-state index >= 15 is 0 Å². The van der Waals surface area contributed by atoms with Crippen molar-refractivity contribution < 1.29 is 19.0 Å². The fraction of sp³-hybridized carbons (Fsp3) is 0.409. The number of benzene rings is 2. The first-order chi connectivity index (χ1) is 12.9. The maximum Gasteiger partial charge on any atom is 0.254 e. The Bertz CT molecular complexity index is 791. The first kappa shape index (κ1) is 20.6. The molecule has 0 spiro atoms. The second kappa shape index (κ2) is 8.80. The van der Waals surface area contributed by atoms with E-state index < -0.39 is 0 Å². The average molecular weight is 371 g/mol. The Kier molecular flexibility index (Phi) is 6.72. The normalized spacial score (nSPS) is 10.9. The van der Waals surface area contributed by atoms with Gasteiger partial charge >= 0.3 is 0 Å². The number of hydrogen-bond acceptors (Lipinski definition) is 4. The summed E-state index contributed by atoms with van der Waals surface area (Å²) in [5, 5.41) is 0. The van der Waals surface area contributed by atoms with Crippen molar-refractivity contribution in [1.82, 2.24) is 4.90 Å². The van der Waals surface area contributed by atoms with Gasteiger partial charge in [0.1, 0.15) is 0 Å². The molecule has 2 aromatic rings. The highest BCUT2D eigenvalue weighted by molar-refractivity contribution is 6.02. The monoisotopic (exact) mass is 371 g/mol. The largest absolute Gasteiger partial charge is 0.493 e. The maximum absolute atomic E-state index is 13.3. The van der Waals surface area contributed by atoms with Crippen molar-refractivity contribution in [1.29, 1.82) is 0 Å². The van der Waals surface area contributed by atoms with Crippen LogP contribution in [0.15, 0.2) is 36.4 Å². The summed E-state index contributed by atoms with van der Waals surface area (Å²) in [5.41, 5.74) is 2.21. The standard InChI is InChI=1S/C22H29NO4/c1-14(2)23(15(3)4)22(24)18-11-9-8-10-16(18)17-12-13-19(25-5)21(27-7)20(17)26-6/h8-15H,1-7H3. The second-order valence-corrected chi connectivity index (χ2v) is 6.83. The Morgan fingerprint density at radius 3 is 1.89 bits per heavy atom. The molecule has 0 fully saturated rings. The van der Waals surface area contributed by atoms with E-state index in [1.165, 1.54) is 0 Å². The van der Waals surface area contributed by atoms with Gasteiger partial charge in [0.2, 0.25) is 5.75 Å². The van der Waals surface area contributed by atoms with Gasteiger partial charge in [0.15, 0.2) is 11.5 Å². The molecule has 0 saturated heterocycles. The van der Waals surface area contributed by atoms with E-state index in [-0.39, 0.29) is 18.0 Å².